The van der Waals surface area contributed by atoms with E-state index in [4.69, 9.17) is 5.26 Å². The molecule has 0 amide bonds. The molecule has 3 nitrogen and oxygen atoms in total. The Labute approximate surface area is 71.9 Å². The summed E-state index contributed by atoms with van der Waals surface area (Å²) >= 11 is 0. The van der Waals surface area contributed by atoms with Gasteiger partial charge in [-0.05, 0) is 12.8 Å². The van der Waals surface area contributed by atoms with Crippen molar-refractivity contribution in [1.82, 2.24) is 0 Å². The van der Waals surface area contributed by atoms with E-state index in [2.05, 4.69) is 17.9 Å². The molecule has 1 rings (SSSR count). The molecule has 0 spiro atoms. The second-order valence-electron chi connectivity index (χ2n) is 2.21. The molecule has 0 aromatic carbocycles. The lowest BCUT2D eigenvalue weighted by Crippen LogP contribution is -2.00. The predicted molar refractivity (Wildman–Crippen MR) is 44.8 cm³/mol. The molecule has 64 valence electrons. The van der Waals surface area contributed by atoms with Crippen molar-refractivity contribution < 1.29 is 9.53 Å². The van der Waals surface area contributed by atoms with Crippen LogP contribution in [-0.2, 0) is 9.53 Å². The van der Waals surface area contributed by atoms with E-state index in [1.54, 1.807) is 6.07 Å². The van der Waals surface area contributed by atoms with Gasteiger partial charge in [0.2, 0.25) is 0 Å². The number of rotatable bonds is 2. The highest BCUT2D eigenvalue weighted by atomic mass is 16.5. The summed E-state index contributed by atoms with van der Waals surface area (Å²) in [4.78, 5) is 10.5. The zero-order valence-corrected chi connectivity index (χ0v) is 6.82. The second-order valence-corrected chi connectivity index (χ2v) is 2.21. The van der Waals surface area contributed by atoms with Gasteiger partial charge in [-0.3, -0.25) is 4.79 Å². The van der Waals surface area contributed by atoms with Crippen molar-refractivity contribution in [3.63, 3.8) is 0 Å². The second kappa shape index (κ2) is 6.17. The van der Waals surface area contributed by atoms with Crippen LogP contribution in [-0.4, -0.2) is 5.97 Å². The number of hydrogen-bond acceptors (Lipinski definition) is 3. The van der Waals surface area contributed by atoms with Crippen molar-refractivity contribution in [1.29, 1.82) is 5.26 Å². The summed E-state index contributed by atoms with van der Waals surface area (Å²) in [6, 6.07) is 1.69. The van der Waals surface area contributed by atoms with Gasteiger partial charge in [0.25, 0.3) is 0 Å². The number of allylic oxidation sites excluding steroid dienone is 1. The summed E-state index contributed by atoms with van der Waals surface area (Å²) in [5.41, 5.74) is 0. The van der Waals surface area contributed by atoms with Crippen LogP contribution in [0, 0.1) is 17.2 Å². The Morgan fingerprint density at radius 1 is 1.58 bits per heavy atom. The molecule has 1 aliphatic carbocycles. The molecular formula is C9H11NO2. The van der Waals surface area contributed by atoms with Gasteiger partial charge in [0.15, 0.2) is 0 Å². The Kier molecular flexibility index (Phi) is 5.37. The lowest BCUT2D eigenvalue weighted by atomic mass is 10.4. The highest BCUT2D eigenvalue weighted by Gasteiger charge is 2.30. The van der Waals surface area contributed by atoms with Crippen molar-refractivity contribution in [2.45, 2.75) is 12.8 Å². The first-order valence-electron chi connectivity index (χ1n) is 3.58. The Bertz CT molecular complexity index is 211. The molecule has 0 N–H and O–H groups in total. The smallest absolute Gasteiger partial charge is 0.313 e. The first-order chi connectivity index (χ1) is 5.76. The number of esters is 1. The standard InChI is InChI=1S/C6H8O2.C3H3N/c1-2-8-6(7)5-3-4-5;1-2-3-4/h2,5H,1,3-4H2;2H,1H2. The van der Waals surface area contributed by atoms with Gasteiger partial charge in [-0.1, -0.05) is 13.2 Å². The molecule has 1 saturated carbocycles. The first kappa shape index (κ1) is 10.4. The lowest BCUT2D eigenvalue weighted by molar-refractivity contribution is -0.139. The minimum atomic E-state index is -0.125. The fourth-order valence-corrected chi connectivity index (χ4v) is 0.497. The van der Waals surface area contributed by atoms with Crippen LogP contribution in [0.1, 0.15) is 12.8 Å². The molecule has 0 bridgehead atoms. The van der Waals surface area contributed by atoms with Crippen LogP contribution in [0.5, 0.6) is 0 Å². The maximum atomic E-state index is 10.5. The summed E-state index contributed by atoms with van der Waals surface area (Å²) < 4.78 is 4.49. The SMILES string of the molecule is C=CC#N.C=COC(=O)C1CC1. The molecule has 0 heterocycles. The Hall–Kier alpha value is -1.56. The summed E-state index contributed by atoms with van der Waals surface area (Å²) in [5.74, 6) is 0.0630. The van der Waals surface area contributed by atoms with Crippen LogP contribution in [0.3, 0.4) is 0 Å². The van der Waals surface area contributed by atoms with Gasteiger partial charge in [-0.2, -0.15) is 5.26 Å². The van der Waals surface area contributed by atoms with Crippen LogP contribution in [0.4, 0.5) is 0 Å². The molecule has 3 heteroatoms. The predicted octanol–water partition coefficient (Wildman–Crippen LogP) is 1.78. The average Bonchev–Trinajstić information content (AvgIpc) is 2.88. The third kappa shape index (κ3) is 5.24. The topological polar surface area (TPSA) is 50.1 Å². The molecule has 1 fully saturated rings. The van der Waals surface area contributed by atoms with Crippen LogP contribution in [0.15, 0.2) is 25.5 Å². The Morgan fingerprint density at radius 3 is 2.33 bits per heavy atom. The third-order valence-electron chi connectivity index (χ3n) is 1.20. The average molecular weight is 165 g/mol. The minimum Gasteiger partial charge on any atom is -0.435 e. The molecule has 0 aromatic heterocycles. The van der Waals surface area contributed by atoms with Gasteiger partial charge >= 0.3 is 5.97 Å². The van der Waals surface area contributed by atoms with Gasteiger partial charge in [0.05, 0.1) is 18.2 Å². The van der Waals surface area contributed by atoms with E-state index in [-0.39, 0.29) is 11.9 Å². The van der Waals surface area contributed by atoms with E-state index in [9.17, 15) is 4.79 Å². The van der Waals surface area contributed by atoms with Crippen molar-refractivity contribution in [3.05, 3.63) is 25.5 Å². The van der Waals surface area contributed by atoms with Crippen molar-refractivity contribution >= 4 is 5.97 Å². The largest absolute Gasteiger partial charge is 0.435 e. The molecule has 0 atom stereocenters. The zero-order chi connectivity index (χ0) is 9.40. The number of hydrogen-bond donors (Lipinski definition) is 0. The summed E-state index contributed by atoms with van der Waals surface area (Å²) in [7, 11) is 0. The maximum Gasteiger partial charge on any atom is 0.313 e. The fraction of sp³-hybridized carbons (Fsp3) is 0.333. The van der Waals surface area contributed by atoms with E-state index in [0.29, 0.717) is 0 Å². The molecule has 0 radical (unpaired) electrons. The van der Waals surface area contributed by atoms with Gasteiger partial charge in [-0.15, -0.1) is 0 Å². The monoisotopic (exact) mass is 165 g/mol. The highest BCUT2D eigenvalue weighted by Crippen LogP contribution is 2.29. The van der Waals surface area contributed by atoms with E-state index >= 15 is 0 Å². The number of carbonyl (C=O) groups excluding carboxylic acids is 1. The van der Waals surface area contributed by atoms with E-state index in [0.717, 1.165) is 12.8 Å². The Balaban J connectivity index is 0.000000261. The number of nitriles is 1. The molecule has 12 heavy (non-hydrogen) atoms. The molecule has 0 saturated heterocycles. The molecule has 0 unspecified atom stereocenters. The third-order valence-corrected chi connectivity index (χ3v) is 1.20. The number of nitrogens with zero attached hydrogens (tertiary/aromatic N) is 1. The summed E-state index contributed by atoms with van der Waals surface area (Å²) in [6.45, 7) is 6.39. The van der Waals surface area contributed by atoms with E-state index in [1.165, 1.54) is 12.3 Å². The van der Waals surface area contributed by atoms with E-state index in [1.807, 2.05) is 0 Å². The first-order valence-corrected chi connectivity index (χ1v) is 3.58. The minimum absolute atomic E-state index is 0.125. The molecule has 1 aliphatic rings. The van der Waals surface area contributed by atoms with Crippen molar-refractivity contribution in [2.75, 3.05) is 0 Å². The summed E-state index contributed by atoms with van der Waals surface area (Å²) in [6.07, 6.45) is 4.35. The van der Waals surface area contributed by atoms with Crippen molar-refractivity contribution in [3.8, 4) is 6.07 Å². The molecule has 0 aliphatic heterocycles. The summed E-state index contributed by atoms with van der Waals surface area (Å²) in [5, 5.41) is 7.51. The maximum absolute atomic E-state index is 10.5. The van der Waals surface area contributed by atoms with E-state index < -0.39 is 0 Å². The molecule has 0 aromatic rings. The fourth-order valence-electron chi connectivity index (χ4n) is 0.497. The van der Waals surface area contributed by atoms with Gasteiger partial charge in [-0.25, -0.2) is 0 Å². The van der Waals surface area contributed by atoms with Gasteiger partial charge in [0.1, 0.15) is 0 Å². The van der Waals surface area contributed by atoms with Crippen LogP contribution >= 0.6 is 0 Å². The normalized spacial score (nSPS) is 12.9. The number of carbonyl (C=O) groups is 1. The lowest BCUT2D eigenvalue weighted by Gasteiger charge is -1.90. The van der Waals surface area contributed by atoms with Crippen LogP contribution in [0.25, 0.3) is 0 Å². The zero-order valence-electron chi connectivity index (χ0n) is 6.82. The van der Waals surface area contributed by atoms with Crippen LogP contribution in [0.2, 0.25) is 0 Å². The van der Waals surface area contributed by atoms with Crippen molar-refractivity contribution in [2.24, 2.45) is 5.92 Å². The number of ether oxygens (including phenoxy) is 1. The molecular weight excluding hydrogens is 154 g/mol. The highest BCUT2D eigenvalue weighted by molar-refractivity contribution is 5.75. The Morgan fingerprint density at radius 2 is 2.08 bits per heavy atom. The van der Waals surface area contributed by atoms with Gasteiger partial charge in [0, 0.05) is 6.08 Å². The van der Waals surface area contributed by atoms with Crippen LogP contribution < -0.4 is 0 Å². The van der Waals surface area contributed by atoms with Gasteiger partial charge < -0.3 is 4.74 Å². The quantitative estimate of drug-likeness (QED) is 0.356.